The van der Waals surface area contributed by atoms with Crippen molar-refractivity contribution in [3.63, 3.8) is 0 Å². The molecule has 0 aliphatic carbocycles. The molecule has 1 atom stereocenters. The van der Waals surface area contributed by atoms with Crippen LogP contribution >= 0.6 is 11.3 Å². The molecule has 0 fully saturated rings. The minimum atomic E-state index is -0.577. The van der Waals surface area contributed by atoms with Gasteiger partial charge in [0, 0.05) is 30.1 Å². The molecule has 2 aromatic rings. The highest BCUT2D eigenvalue weighted by atomic mass is 32.1. The van der Waals surface area contributed by atoms with Crippen LogP contribution in [0, 0.1) is 11.6 Å². The van der Waals surface area contributed by atoms with Crippen molar-refractivity contribution in [3.8, 4) is 0 Å². The molecule has 0 radical (unpaired) electrons. The highest BCUT2D eigenvalue weighted by molar-refractivity contribution is 7.09. The number of nitrogens with zero attached hydrogens (tertiary/aromatic N) is 1. The maximum atomic E-state index is 13.2. The summed E-state index contributed by atoms with van der Waals surface area (Å²) in [6, 6.07) is 7.27. The lowest BCUT2D eigenvalue weighted by Gasteiger charge is -2.22. The Balaban J connectivity index is 1.91. The predicted molar refractivity (Wildman–Crippen MR) is 83.2 cm³/mol. The zero-order valence-electron chi connectivity index (χ0n) is 12.1. The summed E-state index contributed by atoms with van der Waals surface area (Å²) in [6.07, 6.45) is 0.669. The molecule has 0 amide bonds. The van der Waals surface area contributed by atoms with Gasteiger partial charge in [0.25, 0.3) is 0 Å². The second-order valence-electron chi connectivity index (χ2n) is 5.05. The lowest BCUT2D eigenvalue weighted by atomic mass is 10.0. The van der Waals surface area contributed by atoms with Crippen LogP contribution in [-0.4, -0.2) is 18.0 Å². The van der Waals surface area contributed by atoms with Crippen molar-refractivity contribution in [2.45, 2.75) is 25.9 Å². The van der Waals surface area contributed by atoms with Crippen LogP contribution in [0.4, 0.5) is 8.78 Å². The van der Waals surface area contributed by atoms with E-state index in [9.17, 15) is 8.78 Å². The molecule has 2 rings (SSSR count). The van der Waals surface area contributed by atoms with E-state index < -0.39 is 11.6 Å². The molecule has 0 saturated carbocycles. The summed E-state index contributed by atoms with van der Waals surface area (Å²) in [5, 5.41) is 2.06. The van der Waals surface area contributed by atoms with Crippen molar-refractivity contribution >= 4 is 11.3 Å². The van der Waals surface area contributed by atoms with Gasteiger partial charge in [-0.15, -0.1) is 11.3 Å². The Morgan fingerprint density at radius 1 is 1.24 bits per heavy atom. The van der Waals surface area contributed by atoms with Crippen LogP contribution in [0.5, 0.6) is 0 Å². The smallest absolute Gasteiger partial charge is 0.126 e. The number of halogens is 2. The van der Waals surface area contributed by atoms with Crippen molar-refractivity contribution in [2.24, 2.45) is 5.73 Å². The number of hydrogen-bond donors (Lipinski definition) is 1. The van der Waals surface area contributed by atoms with Gasteiger partial charge in [0.05, 0.1) is 0 Å². The van der Waals surface area contributed by atoms with Crippen LogP contribution in [0.15, 0.2) is 35.7 Å². The zero-order valence-corrected chi connectivity index (χ0v) is 12.9. The number of nitrogens with two attached hydrogens (primary N) is 1. The molecule has 5 heteroatoms. The Bertz CT molecular complexity index is 537. The fourth-order valence-electron chi connectivity index (χ4n) is 2.25. The van der Waals surface area contributed by atoms with E-state index in [-0.39, 0.29) is 6.04 Å². The summed E-state index contributed by atoms with van der Waals surface area (Å²) in [4.78, 5) is 3.59. The van der Waals surface area contributed by atoms with E-state index >= 15 is 0 Å². The van der Waals surface area contributed by atoms with Crippen LogP contribution in [-0.2, 0) is 6.54 Å². The molecular weight excluding hydrogens is 290 g/mol. The first-order chi connectivity index (χ1) is 10.1. The largest absolute Gasteiger partial charge is 0.324 e. The molecule has 0 aliphatic heterocycles. The van der Waals surface area contributed by atoms with E-state index in [1.807, 2.05) is 6.07 Å². The van der Waals surface area contributed by atoms with E-state index in [1.165, 1.54) is 17.0 Å². The van der Waals surface area contributed by atoms with E-state index in [0.29, 0.717) is 12.0 Å². The maximum absolute atomic E-state index is 13.2. The van der Waals surface area contributed by atoms with Gasteiger partial charge in [0.1, 0.15) is 11.6 Å². The van der Waals surface area contributed by atoms with Gasteiger partial charge < -0.3 is 5.73 Å². The van der Waals surface area contributed by atoms with E-state index in [2.05, 4.69) is 23.3 Å². The fourth-order valence-corrected chi connectivity index (χ4v) is 3.00. The first-order valence-electron chi connectivity index (χ1n) is 7.04. The molecule has 2 nitrogen and oxygen atoms in total. The second-order valence-corrected chi connectivity index (χ2v) is 6.08. The number of benzene rings is 1. The van der Waals surface area contributed by atoms with Gasteiger partial charge in [0.15, 0.2) is 0 Å². The minimum Gasteiger partial charge on any atom is -0.324 e. The summed E-state index contributed by atoms with van der Waals surface area (Å²) < 4.78 is 26.4. The van der Waals surface area contributed by atoms with E-state index in [1.54, 1.807) is 11.3 Å². The number of rotatable bonds is 7. The Hall–Kier alpha value is -1.30. The Morgan fingerprint density at radius 3 is 2.52 bits per heavy atom. The van der Waals surface area contributed by atoms with Gasteiger partial charge in [0.2, 0.25) is 0 Å². The van der Waals surface area contributed by atoms with Gasteiger partial charge in [-0.05, 0) is 42.1 Å². The highest BCUT2D eigenvalue weighted by Crippen LogP contribution is 2.19. The maximum Gasteiger partial charge on any atom is 0.126 e. The molecule has 0 bridgehead atoms. The topological polar surface area (TPSA) is 29.3 Å². The van der Waals surface area contributed by atoms with Crippen molar-refractivity contribution in [3.05, 3.63) is 57.8 Å². The molecule has 1 heterocycles. The molecule has 0 saturated heterocycles. The molecule has 114 valence electrons. The summed E-state index contributed by atoms with van der Waals surface area (Å²) in [7, 11) is 0. The standard InChI is InChI=1S/C16H20F2N2S/c1-2-20(11-15-4-3-7-21-15)6-5-16(19)12-8-13(17)10-14(18)9-12/h3-4,7-10,16H,2,5-6,11,19H2,1H3. The SMILES string of the molecule is CCN(CCC(N)c1cc(F)cc(F)c1)Cc1cccs1. The molecule has 1 aromatic heterocycles. The molecule has 2 N–H and O–H groups in total. The molecule has 0 spiro atoms. The van der Waals surface area contributed by atoms with Crippen LogP contribution in [0.2, 0.25) is 0 Å². The Morgan fingerprint density at radius 2 is 1.95 bits per heavy atom. The Kier molecular flexibility index (Phi) is 5.85. The van der Waals surface area contributed by atoms with Gasteiger partial charge in [-0.25, -0.2) is 8.78 Å². The summed E-state index contributed by atoms with van der Waals surface area (Å²) in [5.74, 6) is -1.15. The third kappa shape index (κ3) is 4.88. The average molecular weight is 310 g/mol. The molecule has 0 aliphatic rings. The highest BCUT2D eigenvalue weighted by Gasteiger charge is 2.12. The van der Waals surface area contributed by atoms with Crippen LogP contribution < -0.4 is 5.73 Å². The van der Waals surface area contributed by atoms with Crippen LogP contribution in [0.1, 0.15) is 29.8 Å². The van der Waals surface area contributed by atoms with Gasteiger partial charge in [-0.2, -0.15) is 0 Å². The Labute approximate surface area is 128 Å². The molecular formula is C16H20F2N2S. The van der Waals surface area contributed by atoms with Gasteiger partial charge in [-0.1, -0.05) is 13.0 Å². The average Bonchev–Trinajstić information content (AvgIpc) is 2.94. The van der Waals surface area contributed by atoms with E-state index in [4.69, 9.17) is 5.73 Å². The van der Waals surface area contributed by atoms with Crippen LogP contribution in [0.3, 0.4) is 0 Å². The van der Waals surface area contributed by atoms with Gasteiger partial charge >= 0.3 is 0 Å². The zero-order chi connectivity index (χ0) is 15.2. The summed E-state index contributed by atoms with van der Waals surface area (Å²) >= 11 is 1.73. The van der Waals surface area contributed by atoms with Crippen molar-refractivity contribution in [1.29, 1.82) is 0 Å². The quantitative estimate of drug-likeness (QED) is 0.839. The van der Waals surface area contributed by atoms with E-state index in [0.717, 1.165) is 25.7 Å². The summed E-state index contributed by atoms with van der Waals surface area (Å²) in [5.41, 5.74) is 6.57. The normalized spacial score (nSPS) is 12.8. The summed E-state index contributed by atoms with van der Waals surface area (Å²) in [6.45, 7) is 4.70. The van der Waals surface area contributed by atoms with Gasteiger partial charge in [-0.3, -0.25) is 4.90 Å². The van der Waals surface area contributed by atoms with Crippen molar-refractivity contribution in [1.82, 2.24) is 4.90 Å². The lowest BCUT2D eigenvalue weighted by molar-refractivity contribution is 0.270. The third-order valence-electron chi connectivity index (χ3n) is 3.48. The second kappa shape index (κ2) is 7.64. The third-order valence-corrected chi connectivity index (χ3v) is 4.34. The fraction of sp³-hybridized carbons (Fsp3) is 0.375. The minimum absolute atomic E-state index is 0.354. The first-order valence-corrected chi connectivity index (χ1v) is 7.92. The van der Waals surface area contributed by atoms with Crippen molar-refractivity contribution in [2.75, 3.05) is 13.1 Å². The van der Waals surface area contributed by atoms with Crippen LogP contribution in [0.25, 0.3) is 0 Å². The monoisotopic (exact) mass is 310 g/mol. The predicted octanol–water partition coefficient (Wildman–Crippen LogP) is 3.94. The first kappa shape index (κ1) is 16.1. The lowest BCUT2D eigenvalue weighted by Crippen LogP contribution is -2.26. The van der Waals surface area contributed by atoms with Crippen molar-refractivity contribution < 1.29 is 8.78 Å². The molecule has 21 heavy (non-hydrogen) atoms. The number of thiophene rings is 1. The molecule has 1 aromatic carbocycles. The number of hydrogen-bond acceptors (Lipinski definition) is 3. The molecule has 1 unspecified atom stereocenters.